The maximum Gasteiger partial charge on any atom is 0.418 e. The molecule has 2 heterocycles. The predicted octanol–water partition coefficient (Wildman–Crippen LogP) is 0.963. The van der Waals surface area contributed by atoms with Crippen LogP contribution in [0, 0.1) is 11.8 Å². The second-order valence-corrected chi connectivity index (χ2v) is 5.35. The van der Waals surface area contributed by atoms with Crippen molar-refractivity contribution in [2.45, 2.75) is 18.4 Å². The number of nitrogens with one attached hydrogen (secondary N) is 1. The molecule has 0 aromatic heterocycles. The summed E-state index contributed by atoms with van der Waals surface area (Å²) in [4.78, 5) is 23.5. The molecule has 3 rings (SSSR count). The van der Waals surface area contributed by atoms with Gasteiger partial charge in [0.15, 0.2) is 0 Å². The van der Waals surface area contributed by atoms with Gasteiger partial charge in [-0.25, -0.2) is 0 Å². The molecule has 1 aromatic carbocycles. The Morgan fingerprint density at radius 2 is 1.70 bits per heavy atom. The Labute approximate surface area is 128 Å². The number of aliphatic carboxylic acids is 1. The third-order valence-corrected chi connectivity index (χ3v) is 3.96. The molecule has 1 saturated heterocycles. The third kappa shape index (κ3) is 2.70. The number of alkyl halides is 3. The van der Waals surface area contributed by atoms with Gasteiger partial charge >= 0.3 is 6.18 Å². The van der Waals surface area contributed by atoms with Crippen molar-refractivity contribution in [3.05, 3.63) is 42.0 Å². The Balaban J connectivity index is 1.86. The molecule has 2 aliphatic rings. The van der Waals surface area contributed by atoms with Crippen LogP contribution >= 0.6 is 0 Å². The lowest BCUT2D eigenvalue weighted by atomic mass is 9.82. The standard InChI is InChI=1S/C15H12F3NO4/c16-15(17,18)7-3-1-2-4-8(7)19-13(20)11-9-5-6-10(23-9)12(11)14(21)22/h1-6,9-12H,(H,19,20)(H,21,22)/p-1. The Morgan fingerprint density at radius 1 is 1.09 bits per heavy atom. The number of hydrogen-bond acceptors (Lipinski definition) is 4. The molecule has 0 spiro atoms. The fourth-order valence-electron chi connectivity index (χ4n) is 2.96. The number of para-hydroxylation sites is 1. The summed E-state index contributed by atoms with van der Waals surface area (Å²) in [6.07, 6.45) is -3.16. The van der Waals surface area contributed by atoms with Gasteiger partial charge in [0.2, 0.25) is 5.91 Å². The maximum atomic E-state index is 12.9. The fourth-order valence-corrected chi connectivity index (χ4v) is 2.96. The average molecular weight is 326 g/mol. The van der Waals surface area contributed by atoms with Crippen molar-refractivity contribution in [3.8, 4) is 0 Å². The van der Waals surface area contributed by atoms with E-state index < -0.39 is 53.3 Å². The lowest BCUT2D eigenvalue weighted by Gasteiger charge is -2.25. The SMILES string of the molecule is O=C([O-])C1C2C=CC(O2)C1C(=O)Nc1ccccc1C(F)(F)F. The zero-order valence-electron chi connectivity index (χ0n) is 11.5. The van der Waals surface area contributed by atoms with Crippen LogP contribution in [-0.2, 0) is 20.5 Å². The molecule has 0 saturated carbocycles. The van der Waals surface area contributed by atoms with E-state index >= 15 is 0 Å². The van der Waals surface area contributed by atoms with Crippen molar-refractivity contribution in [2.75, 3.05) is 5.32 Å². The third-order valence-electron chi connectivity index (χ3n) is 3.96. The molecule has 122 valence electrons. The smallest absolute Gasteiger partial charge is 0.418 e. The summed E-state index contributed by atoms with van der Waals surface area (Å²) in [7, 11) is 0. The molecule has 4 atom stereocenters. The number of halogens is 3. The van der Waals surface area contributed by atoms with Gasteiger partial charge in [-0.2, -0.15) is 13.2 Å². The summed E-state index contributed by atoms with van der Waals surface area (Å²) in [5, 5.41) is 13.4. The molecule has 5 nitrogen and oxygen atoms in total. The quantitative estimate of drug-likeness (QED) is 0.840. The number of carboxylic acids is 1. The van der Waals surface area contributed by atoms with Gasteiger partial charge in [0, 0.05) is 11.9 Å². The summed E-state index contributed by atoms with van der Waals surface area (Å²) < 4.78 is 44.1. The van der Waals surface area contributed by atoms with Gasteiger partial charge in [0.1, 0.15) is 0 Å². The van der Waals surface area contributed by atoms with Crippen molar-refractivity contribution in [2.24, 2.45) is 11.8 Å². The van der Waals surface area contributed by atoms with E-state index in [-0.39, 0.29) is 0 Å². The van der Waals surface area contributed by atoms with Gasteiger partial charge in [-0.05, 0) is 12.1 Å². The number of carboxylic acid groups (broad SMARTS) is 1. The van der Waals surface area contributed by atoms with Crippen molar-refractivity contribution in [1.82, 2.24) is 0 Å². The van der Waals surface area contributed by atoms with Gasteiger partial charge in [-0.1, -0.05) is 24.3 Å². The molecule has 1 N–H and O–H groups in total. The van der Waals surface area contributed by atoms with Gasteiger partial charge in [0.05, 0.1) is 29.4 Å². The van der Waals surface area contributed by atoms with Crippen LogP contribution in [-0.4, -0.2) is 24.1 Å². The molecule has 4 unspecified atom stereocenters. The first-order valence-electron chi connectivity index (χ1n) is 6.81. The second kappa shape index (κ2) is 5.38. The van der Waals surface area contributed by atoms with Crippen LogP contribution in [0.1, 0.15) is 5.56 Å². The van der Waals surface area contributed by atoms with Crippen LogP contribution in [0.4, 0.5) is 18.9 Å². The number of ether oxygens (including phenoxy) is 1. The van der Waals surface area contributed by atoms with E-state index in [1.807, 2.05) is 0 Å². The first-order valence-corrected chi connectivity index (χ1v) is 6.81. The van der Waals surface area contributed by atoms with Crippen molar-refractivity contribution in [1.29, 1.82) is 0 Å². The molecular formula is C15H11F3NO4-. The molecule has 8 heteroatoms. The van der Waals surface area contributed by atoms with Gasteiger partial charge in [-0.15, -0.1) is 0 Å². The van der Waals surface area contributed by atoms with Gasteiger partial charge in [-0.3, -0.25) is 4.79 Å². The minimum Gasteiger partial charge on any atom is -0.550 e. The fraction of sp³-hybridized carbons (Fsp3) is 0.333. The van der Waals surface area contributed by atoms with Crippen LogP contribution < -0.4 is 10.4 Å². The topological polar surface area (TPSA) is 78.5 Å². The average Bonchev–Trinajstić information content (AvgIpc) is 3.07. The molecule has 1 aromatic rings. The van der Waals surface area contributed by atoms with E-state index in [1.165, 1.54) is 24.3 Å². The normalized spacial score (nSPS) is 28.8. The Morgan fingerprint density at radius 3 is 2.30 bits per heavy atom. The maximum absolute atomic E-state index is 12.9. The summed E-state index contributed by atoms with van der Waals surface area (Å²) in [5.74, 6) is -4.65. The Kier molecular flexibility index (Phi) is 3.63. The highest BCUT2D eigenvalue weighted by Gasteiger charge is 2.50. The zero-order valence-corrected chi connectivity index (χ0v) is 11.5. The summed E-state index contributed by atoms with van der Waals surface area (Å²) in [6.45, 7) is 0. The highest BCUT2D eigenvalue weighted by atomic mass is 19.4. The van der Waals surface area contributed by atoms with E-state index in [9.17, 15) is 27.9 Å². The molecule has 2 bridgehead atoms. The lowest BCUT2D eigenvalue weighted by molar-refractivity contribution is -0.313. The number of anilines is 1. The van der Waals surface area contributed by atoms with E-state index in [1.54, 1.807) is 0 Å². The predicted molar refractivity (Wildman–Crippen MR) is 69.9 cm³/mol. The molecule has 23 heavy (non-hydrogen) atoms. The van der Waals surface area contributed by atoms with Crippen LogP contribution in [0.3, 0.4) is 0 Å². The minimum absolute atomic E-state index is 0.422. The van der Waals surface area contributed by atoms with Crippen LogP contribution in [0.25, 0.3) is 0 Å². The van der Waals surface area contributed by atoms with Gasteiger partial charge in [0.25, 0.3) is 0 Å². The molecule has 1 fully saturated rings. The lowest BCUT2D eigenvalue weighted by Crippen LogP contribution is -2.45. The number of hydrogen-bond donors (Lipinski definition) is 1. The van der Waals surface area contributed by atoms with Gasteiger partial charge < -0.3 is 20.0 Å². The number of amides is 1. The molecular weight excluding hydrogens is 315 g/mol. The van der Waals surface area contributed by atoms with Crippen LogP contribution in [0.2, 0.25) is 0 Å². The molecule has 0 aliphatic carbocycles. The summed E-state index contributed by atoms with van der Waals surface area (Å²) in [5.41, 5.74) is -1.42. The zero-order chi connectivity index (χ0) is 16.8. The summed E-state index contributed by atoms with van der Waals surface area (Å²) >= 11 is 0. The molecule has 0 radical (unpaired) electrons. The number of benzene rings is 1. The van der Waals surface area contributed by atoms with E-state index in [0.717, 1.165) is 12.1 Å². The van der Waals surface area contributed by atoms with Crippen molar-refractivity contribution >= 4 is 17.6 Å². The number of fused-ring (bicyclic) bond motifs is 2. The second-order valence-electron chi connectivity index (χ2n) is 5.35. The van der Waals surface area contributed by atoms with E-state index in [0.29, 0.717) is 0 Å². The summed E-state index contributed by atoms with van der Waals surface area (Å²) in [6, 6.07) is 4.49. The van der Waals surface area contributed by atoms with Crippen molar-refractivity contribution in [3.63, 3.8) is 0 Å². The Hall–Kier alpha value is -2.35. The van der Waals surface area contributed by atoms with Crippen LogP contribution in [0.5, 0.6) is 0 Å². The van der Waals surface area contributed by atoms with E-state index in [2.05, 4.69) is 5.32 Å². The number of carbonyl (C=O) groups is 2. The number of rotatable bonds is 3. The van der Waals surface area contributed by atoms with Crippen LogP contribution in [0.15, 0.2) is 36.4 Å². The monoisotopic (exact) mass is 326 g/mol. The first-order chi connectivity index (χ1) is 10.8. The highest BCUT2D eigenvalue weighted by Crippen LogP contribution is 2.40. The number of carbonyl (C=O) groups excluding carboxylic acids is 2. The van der Waals surface area contributed by atoms with E-state index in [4.69, 9.17) is 4.74 Å². The first kappa shape index (κ1) is 15.5. The minimum atomic E-state index is -4.64. The molecule has 1 amide bonds. The molecule has 2 aliphatic heterocycles. The largest absolute Gasteiger partial charge is 0.550 e. The Bertz CT molecular complexity index is 686. The van der Waals surface area contributed by atoms with Crippen molar-refractivity contribution < 1.29 is 32.6 Å². The highest BCUT2D eigenvalue weighted by molar-refractivity contribution is 5.97.